The minimum absolute atomic E-state index is 0.0468. The lowest BCUT2D eigenvalue weighted by atomic mass is 9.70. The molecule has 3 aliphatic rings. The largest absolute Gasteiger partial charge is 0.369 e. The van der Waals surface area contributed by atoms with Gasteiger partial charge in [-0.3, -0.25) is 9.69 Å². The molecule has 6 rings (SSSR count). The van der Waals surface area contributed by atoms with Crippen molar-refractivity contribution >= 4 is 22.4 Å². The molecule has 5 heteroatoms. The van der Waals surface area contributed by atoms with E-state index in [1.165, 1.54) is 30.5 Å². The van der Waals surface area contributed by atoms with Crippen LogP contribution in [0.5, 0.6) is 0 Å². The molecule has 0 N–H and O–H groups in total. The molecule has 0 bridgehead atoms. The van der Waals surface area contributed by atoms with Crippen molar-refractivity contribution in [1.29, 1.82) is 5.26 Å². The van der Waals surface area contributed by atoms with Gasteiger partial charge in [0.2, 0.25) is 0 Å². The van der Waals surface area contributed by atoms with Gasteiger partial charge in [0.05, 0.1) is 16.8 Å². The Balaban J connectivity index is 1.46. The zero-order chi connectivity index (χ0) is 23.6. The molecular formula is C29H32N4O. The summed E-state index contributed by atoms with van der Waals surface area (Å²) in [5.41, 5.74) is 6.21. The number of carbonyl (C=O) groups excluding carboxylic acids is 1. The first kappa shape index (κ1) is 21.4. The van der Waals surface area contributed by atoms with Crippen molar-refractivity contribution in [1.82, 2.24) is 9.47 Å². The van der Waals surface area contributed by atoms with E-state index in [9.17, 15) is 10.1 Å². The number of piperazine rings is 1. The third-order valence-electron chi connectivity index (χ3n) is 8.56. The summed E-state index contributed by atoms with van der Waals surface area (Å²) in [7, 11) is 0. The van der Waals surface area contributed by atoms with E-state index < -0.39 is 5.41 Å². The van der Waals surface area contributed by atoms with Crippen LogP contribution in [0.1, 0.15) is 72.8 Å². The van der Waals surface area contributed by atoms with Gasteiger partial charge in [-0.25, -0.2) is 4.57 Å². The Hall–Kier alpha value is -3.10. The summed E-state index contributed by atoms with van der Waals surface area (Å²) in [4.78, 5) is 19.1. The highest BCUT2D eigenvalue weighted by atomic mass is 16.1. The Labute approximate surface area is 201 Å². The summed E-state index contributed by atoms with van der Waals surface area (Å²) in [6.07, 6.45) is 7.33. The van der Waals surface area contributed by atoms with Gasteiger partial charge in [0, 0.05) is 54.3 Å². The monoisotopic (exact) mass is 452 g/mol. The number of nitrogens with zero attached hydrogens (tertiary/aromatic N) is 4. The van der Waals surface area contributed by atoms with E-state index in [1.807, 2.05) is 24.3 Å². The molecule has 1 saturated carbocycles. The number of para-hydroxylation sites is 1. The molecule has 0 unspecified atom stereocenters. The second-order valence-corrected chi connectivity index (χ2v) is 10.6. The van der Waals surface area contributed by atoms with E-state index in [4.69, 9.17) is 0 Å². The molecule has 0 spiro atoms. The highest BCUT2D eigenvalue weighted by Crippen LogP contribution is 2.47. The second-order valence-electron chi connectivity index (χ2n) is 10.6. The van der Waals surface area contributed by atoms with Gasteiger partial charge in [0.25, 0.3) is 0 Å². The zero-order valence-corrected chi connectivity index (χ0v) is 20.4. The summed E-state index contributed by atoms with van der Waals surface area (Å²) in [5, 5.41) is 10.9. The quantitative estimate of drug-likeness (QED) is 0.556. The van der Waals surface area contributed by atoms with Crippen molar-refractivity contribution < 1.29 is 4.79 Å². The molecule has 0 atom stereocenters. The van der Waals surface area contributed by atoms with E-state index in [0.29, 0.717) is 5.56 Å². The first-order valence-corrected chi connectivity index (χ1v) is 12.7. The standard InChI is InChI=1S/C29H32N4O/c1-4-19-16-22-23(17-25(19)32-14-12-31(13-15-32)20-8-7-9-20)29(2,3)28-26(27(22)34)21-10-5-6-11-24(21)33(28)18-30/h5-6,10-11,16-17,20H,4,7-9,12-15H2,1-3H3. The highest BCUT2D eigenvalue weighted by molar-refractivity contribution is 6.20. The Morgan fingerprint density at radius 1 is 1.09 bits per heavy atom. The van der Waals surface area contributed by atoms with Crippen LogP contribution in [0, 0.1) is 11.5 Å². The number of anilines is 1. The van der Waals surface area contributed by atoms with Crippen LogP contribution in [-0.4, -0.2) is 47.5 Å². The average Bonchev–Trinajstić information content (AvgIpc) is 3.17. The number of hydrogen-bond donors (Lipinski definition) is 0. The lowest BCUT2D eigenvalue weighted by molar-refractivity contribution is 0.103. The maximum absolute atomic E-state index is 13.9. The maximum atomic E-state index is 13.9. The van der Waals surface area contributed by atoms with Crippen LogP contribution in [0.25, 0.3) is 10.9 Å². The van der Waals surface area contributed by atoms with Crippen molar-refractivity contribution in [2.75, 3.05) is 31.1 Å². The Morgan fingerprint density at radius 2 is 1.82 bits per heavy atom. The lowest BCUT2D eigenvalue weighted by Crippen LogP contribution is -2.52. The number of aromatic nitrogens is 1. The first-order valence-electron chi connectivity index (χ1n) is 12.7. The average molecular weight is 453 g/mol. The third-order valence-corrected chi connectivity index (χ3v) is 8.56. The molecule has 1 saturated heterocycles. The molecule has 2 aromatic carbocycles. The highest BCUT2D eigenvalue weighted by Gasteiger charge is 2.42. The van der Waals surface area contributed by atoms with Crippen molar-refractivity contribution in [2.24, 2.45) is 0 Å². The molecule has 34 heavy (non-hydrogen) atoms. The fourth-order valence-electron chi connectivity index (χ4n) is 6.42. The van der Waals surface area contributed by atoms with Crippen molar-refractivity contribution in [2.45, 2.75) is 57.9 Å². The number of ketones is 1. The Bertz CT molecular complexity index is 1350. The number of fused-ring (bicyclic) bond motifs is 4. The molecule has 5 nitrogen and oxygen atoms in total. The summed E-state index contributed by atoms with van der Waals surface area (Å²) < 4.78 is 1.68. The van der Waals surface area contributed by atoms with E-state index in [-0.39, 0.29) is 5.78 Å². The predicted octanol–water partition coefficient (Wildman–Crippen LogP) is 5.08. The van der Waals surface area contributed by atoms with Crippen LogP contribution >= 0.6 is 0 Å². The molecule has 174 valence electrons. The molecule has 0 radical (unpaired) electrons. The predicted molar refractivity (Wildman–Crippen MR) is 136 cm³/mol. The van der Waals surface area contributed by atoms with Gasteiger partial charge >= 0.3 is 0 Å². The SMILES string of the molecule is CCc1cc2c(cc1N1CCN(C3CCC3)CC1)C(C)(C)c1c(c3ccccc3n1C#N)C2=O. The molecule has 1 aromatic heterocycles. The number of benzene rings is 2. The summed E-state index contributed by atoms with van der Waals surface area (Å²) in [6.45, 7) is 10.8. The van der Waals surface area contributed by atoms with Gasteiger partial charge in [-0.1, -0.05) is 45.4 Å². The van der Waals surface area contributed by atoms with Crippen molar-refractivity contribution in [3.05, 3.63) is 64.3 Å². The zero-order valence-electron chi connectivity index (χ0n) is 20.4. The summed E-state index contributed by atoms with van der Waals surface area (Å²) >= 11 is 0. The van der Waals surface area contributed by atoms with Gasteiger partial charge < -0.3 is 4.90 Å². The van der Waals surface area contributed by atoms with E-state index >= 15 is 0 Å². The van der Waals surface area contributed by atoms with Crippen LogP contribution in [0.4, 0.5) is 5.69 Å². The third kappa shape index (κ3) is 2.91. The molecule has 3 aromatic rings. The van der Waals surface area contributed by atoms with Crippen molar-refractivity contribution in [3.8, 4) is 6.19 Å². The van der Waals surface area contributed by atoms with Crippen molar-refractivity contribution in [3.63, 3.8) is 0 Å². The summed E-state index contributed by atoms with van der Waals surface area (Å²) in [6, 6.07) is 13.0. The van der Waals surface area contributed by atoms with Gasteiger partial charge in [0.15, 0.2) is 12.0 Å². The Kier molecular flexibility index (Phi) is 4.86. The number of nitriles is 1. The second kappa shape index (κ2) is 7.71. The van der Waals surface area contributed by atoms with Crippen LogP contribution < -0.4 is 4.90 Å². The topological polar surface area (TPSA) is 52.3 Å². The van der Waals surface area contributed by atoms with Crippen LogP contribution in [0.15, 0.2) is 36.4 Å². The van der Waals surface area contributed by atoms with Gasteiger partial charge in [-0.15, -0.1) is 0 Å². The van der Waals surface area contributed by atoms with Gasteiger partial charge in [-0.2, -0.15) is 5.26 Å². The number of hydrogen-bond acceptors (Lipinski definition) is 4. The number of aryl methyl sites for hydroxylation is 1. The fourth-order valence-corrected chi connectivity index (χ4v) is 6.42. The molecular weight excluding hydrogens is 420 g/mol. The van der Waals surface area contributed by atoms with Crippen LogP contribution in [0.2, 0.25) is 0 Å². The molecule has 0 amide bonds. The number of rotatable bonds is 3. The summed E-state index contributed by atoms with van der Waals surface area (Å²) in [5.74, 6) is 0.0468. The van der Waals surface area contributed by atoms with E-state index in [2.05, 4.69) is 48.9 Å². The maximum Gasteiger partial charge on any atom is 0.195 e. The molecule has 2 fully saturated rings. The Morgan fingerprint density at radius 3 is 2.47 bits per heavy atom. The van der Waals surface area contributed by atoms with Crippen LogP contribution in [0.3, 0.4) is 0 Å². The lowest BCUT2D eigenvalue weighted by Gasteiger charge is -2.44. The number of carbonyl (C=O) groups is 1. The molecule has 2 heterocycles. The normalized spacial score (nSPS) is 20.1. The van der Waals surface area contributed by atoms with Gasteiger partial charge in [-0.05, 0) is 48.6 Å². The smallest absolute Gasteiger partial charge is 0.195 e. The molecule has 1 aliphatic heterocycles. The van der Waals surface area contributed by atoms with E-state index in [0.717, 1.165) is 66.4 Å². The minimum Gasteiger partial charge on any atom is -0.369 e. The molecule has 2 aliphatic carbocycles. The minimum atomic E-state index is -0.456. The van der Waals surface area contributed by atoms with E-state index in [1.54, 1.807) is 4.57 Å². The first-order chi connectivity index (χ1) is 16.5. The van der Waals surface area contributed by atoms with Gasteiger partial charge in [0.1, 0.15) is 0 Å². The fraction of sp³-hybridized carbons (Fsp3) is 0.448. The van der Waals surface area contributed by atoms with Crippen LogP contribution in [-0.2, 0) is 11.8 Å².